The molecule has 2 rings (SSSR count). The molecule has 0 spiro atoms. The number of nitrogens with two attached hydrogens (primary N) is 2. The van der Waals surface area contributed by atoms with Gasteiger partial charge in [0, 0.05) is 18.3 Å². The average molecular weight is 255 g/mol. The van der Waals surface area contributed by atoms with Crippen LogP contribution in [-0.4, -0.2) is 21.0 Å². The first-order chi connectivity index (χ1) is 7.89. The van der Waals surface area contributed by atoms with Gasteiger partial charge in [0.1, 0.15) is 4.90 Å². The van der Waals surface area contributed by atoms with Crippen LogP contribution in [0.15, 0.2) is 23.1 Å². The Hall–Kier alpha value is -1.27. The van der Waals surface area contributed by atoms with Crippen LogP contribution in [0.25, 0.3) is 0 Å². The topological polar surface area (TPSA) is 89.4 Å². The largest absolute Gasteiger partial charge is 0.399 e. The number of nitrogen functional groups attached to an aromatic ring is 1. The number of benzene rings is 1. The molecule has 0 amide bonds. The third kappa shape index (κ3) is 2.37. The number of primary sulfonamides is 1. The van der Waals surface area contributed by atoms with Crippen molar-refractivity contribution < 1.29 is 8.42 Å². The van der Waals surface area contributed by atoms with E-state index in [1.807, 2.05) is 0 Å². The molecule has 1 fully saturated rings. The van der Waals surface area contributed by atoms with E-state index < -0.39 is 10.0 Å². The smallest absolute Gasteiger partial charge is 0.240 e. The van der Waals surface area contributed by atoms with Gasteiger partial charge in [-0.15, -0.1) is 0 Å². The maximum Gasteiger partial charge on any atom is 0.240 e. The van der Waals surface area contributed by atoms with Crippen molar-refractivity contribution in [2.75, 3.05) is 17.2 Å². The summed E-state index contributed by atoms with van der Waals surface area (Å²) in [6, 6.07) is 5.20. The van der Waals surface area contributed by atoms with E-state index in [9.17, 15) is 8.42 Å². The molecule has 1 aliphatic heterocycles. The Kier molecular flexibility index (Phi) is 3.01. The summed E-state index contributed by atoms with van der Waals surface area (Å²) in [5, 5.41) is 5.23. The SMILES string of the molecule is CC1CCCN1c1ccc(N)cc1S(N)(=O)=O. The number of nitrogens with zero attached hydrogens (tertiary/aromatic N) is 1. The molecular formula is C11H17N3O2S. The zero-order chi connectivity index (χ0) is 12.6. The Morgan fingerprint density at radius 3 is 2.65 bits per heavy atom. The van der Waals surface area contributed by atoms with Crippen molar-refractivity contribution in [1.82, 2.24) is 0 Å². The second kappa shape index (κ2) is 4.19. The lowest BCUT2D eigenvalue weighted by atomic mass is 10.2. The second-order valence-corrected chi connectivity index (χ2v) is 5.99. The van der Waals surface area contributed by atoms with Crippen molar-refractivity contribution in [3.8, 4) is 0 Å². The van der Waals surface area contributed by atoms with Gasteiger partial charge in [0.2, 0.25) is 10.0 Å². The molecule has 4 N–H and O–H groups in total. The summed E-state index contributed by atoms with van der Waals surface area (Å²) in [4.78, 5) is 2.19. The summed E-state index contributed by atoms with van der Waals surface area (Å²) in [5.41, 5.74) is 6.69. The van der Waals surface area contributed by atoms with Crippen LogP contribution in [0.3, 0.4) is 0 Å². The normalized spacial score (nSPS) is 20.8. The van der Waals surface area contributed by atoms with E-state index in [1.54, 1.807) is 12.1 Å². The number of hydrogen-bond acceptors (Lipinski definition) is 4. The molecule has 5 nitrogen and oxygen atoms in total. The number of sulfonamides is 1. The van der Waals surface area contributed by atoms with Gasteiger partial charge < -0.3 is 10.6 Å². The summed E-state index contributed by atoms with van der Waals surface area (Å²) < 4.78 is 23.1. The van der Waals surface area contributed by atoms with Gasteiger partial charge in [0.05, 0.1) is 5.69 Å². The minimum atomic E-state index is -3.74. The molecule has 1 saturated heterocycles. The monoisotopic (exact) mass is 255 g/mol. The highest BCUT2D eigenvalue weighted by Gasteiger charge is 2.25. The first-order valence-electron chi connectivity index (χ1n) is 5.58. The van der Waals surface area contributed by atoms with Gasteiger partial charge in [-0.3, -0.25) is 0 Å². The molecular weight excluding hydrogens is 238 g/mol. The molecule has 1 heterocycles. The molecule has 94 valence electrons. The molecule has 1 aromatic rings. The third-order valence-electron chi connectivity index (χ3n) is 3.15. The Bertz CT molecular complexity index is 528. The molecule has 0 bridgehead atoms. The predicted molar refractivity (Wildman–Crippen MR) is 68.3 cm³/mol. The lowest BCUT2D eigenvalue weighted by molar-refractivity contribution is 0.597. The Morgan fingerprint density at radius 1 is 1.41 bits per heavy atom. The van der Waals surface area contributed by atoms with E-state index in [0.29, 0.717) is 17.4 Å². The Balaban J connectivity index is 2.54. The zero-order valence-electron chi connectivity index (χ0n) is 9.76. The van der Waals surface area contributed by atoms with E-state index in [0.717, 1.165) is 19.4 Å². The first-order valence-corrected chi connectivity index (χ1v) is 7.13. The number of rotatable bonds is 2. The molecule has 1 atom stereocenters. The highest BCUT2D eigenvalue weighted by atomic mass is 32.2. The van der Waals surface area contributed by atoms with Crippen LogP contribution in [0.4, 0.5) is 11.4 Å². The maximum atomic E-state index is 11.6. The van der Waals surface area contributed by atoms with Gasteiger partial charge in [-0.2, -0.15) is 0 Å². The van der Waals surface area contributed by atoms with Crippen molar-refractivity contribution in [2.24, 2.45) is 5.14 Å². The number of hydrogen-bond donors (Lipinski definition) is 2. The molecule has 17 heavy (non-hydrogen) atoms. The molecule has 1 aliphatic rings. The third-order valence-corrected chi connectivity index (χ3v) is 4.09. The Morgan fingerprint density at radius 2 is 2.12 bits per heavy atom. The highest BCUT2D eigenvalue weighted by Crippen LogP contribution is 2.31. The summed E-state index contributed by atoms with van der Waals surface area (Å²) in [6.07, 6.45) is 2.13. The summed E-state index contributed by atoms with van der Waals surface area (Å²) >= 11 is 0. The quantitative estimate of drug-likeness (QED) is 0.768. The van der Waals surface area contributed by atoms with Gasteiger partial charge in [-0.25, -0.2) is 13.6 Å². The minimum absolute atomic E-state index is 0.117. The van der Waals surface area contributed by atoms with Crippen LogP contribution in [0, 0.1) is 0 Å². The van der Waals surface area contributed by atoms with Crippen LogP contribution < -0.4 is 15.8 Å². The van der Waals surface area contributed by atoms with Gasteiger partial charge in [0.25, 0.3) is 0 Å². The van der Waals surface area contributed by atoms with Gasteiger partial charge in [0.15, 0.2) is 0 Å². The summed E-state index contributed by atoms with van der Waals surface area (Å²) in [7, 11) is -3.74. The van der Waals surface area contributed by atoms with Crippen molar-refractivity contribution >= 4 is 21.4 Å². The van der Waals surface area contributed by atoms with E-state index in [1.165, 1.54) is 6.07 Å². The van der Waals surface area contributed by atoms with Crippen molar-refractivity contribution in [2.45, 2.75) is 30.7 Å². The van der Waals surface area contributed by atoms with Gasteiger partial charge in [-0.05, 0) is 38.0 Å². The van der Waals surface area contributed by atoms with E-state index >= 15 is 0 Å². The van der Waals surface area contributed by atoms with E-state index in [4.69, 9.17) is 10.9 Å². The van der Waals surface area contributed by atoms with E-state index in [-0.39, 0.29) is 4.90 Å². The summed E-state index contributed by atoms with van der Waals surface area (Å²) in [6.45, 7) is 2.93. The standard InChI is InChI=1S/C11H17N3O2S/c1-8-3-2-6-14(8)10-5-4-9(12)7-11(10)17(13,15)16/h4-5,7-8H,2-3,6,12H2,1H3,(H2,13,15,16). The molecule has 0 aliphatic carbocycles. The maximum absolute atomic E-state index is 11.6. The molecule has 0 saturated carbocycles. The molecule has 1 unspecified atom stereocenters. The Labute approximate surface area is 101 Å². The molecule has 0 aromatic heterocycles. The average Bonchev–Trinajstić information content (AvgIpc) is 2.63. The van der Waals surface area contributed by atoms with Crippen LogP contribution in [0.2, 0.25) is 0 Å². The lowest BCUT2D eigenvalue weighted by Gasteiger charge is -2.25. The second-order valence-electron chi connectivity index (χ2n) is 4.46. The van der Waals surface area contributed by atoms with Crippen LogP contribution in [-0.2, 0) is 10.0 Å². The fourth-order valence-electron chi connectivity index (χ4n) is 2.29. The van der Waals surface area contributed by atoms with Crippen LogP contribution in [0.5, 0.6) is 0 Å². The summed E-state index contributed by atoms with van der Waals surface area (Å²) in [5.74, 6) is 0. The fourth-order valence-corrected chi connectivity index (χ4v) is 3.06. The zero-order valence-corrected chi connectivity index (χ0v) is 10.6. The molecule has 0 radical (unpaired) electrons. The number of anilines is 2. The minimum Gasteiger partial charge on any atom is -0.399 e. The highest BCUT2D eigenvalue weighted by molar-refractivity contribution is 7.89. The van der Waals surface area contributed by atoms with Crippen molar-refractivity contribution in [1.29, 1.82) is 0 Å². The van der Waals surface area contributed by atoms with E-state index in [2.05, 4.69) is 11.8 Å². The molecule has 6 heteroatoms. The lowest BCUT2D eigenvalue weighted by Crippen LogP contribution is -2.29. The van der Waals surface area contributed by atoms with Gasteiger partial charge in [-0.1, -0.05) is 0 Å². The van der Waals surface area contributed by atoms with Gasteiger partial charge >= 0.3 is 0 Å². The van der Waals surface area contributed by atoms with Crippen LogP contribution in [0.1, 0.15) is 19.8 Å². The molecule has 1 aromatic carbocycles. The van der Waals surface area contributed by atoms with Crippen LogP contribution >= 0.6 is 0 Å². The fraction of sp³-hybridized carbons (Fsp3) is 0.455. The first kappa shape index (κ1) is 12.2. The van der Waals surface area contributed by atoms with Crippen molar-refractivity contribution in [3.05, 3.63) is 18.2 Å². The van der Waals surface area contributed by atoms with Crippen molar-refractivity contribution in [3.63, 3.8) is 0 Å². The predicted octanol–water partition coefficient (Wildman–Crippen LogP) is 0.905.